The first-order valence-corrected chi connectivity index (χ1v) is 6.69. The zero-order valence-electron chi connectivity index (χ0n) is 12.1. The number of aliphatic hydroxyl groups is 1. The molecule has 0 heterocycles. The standard InChI is InChI=1S/C15H22FNO3/c1-10(2)8-20-9-14(18)7-17-15(19)12-4-11(3)5-13(16)6-12/h4-6,10,14,18H,7-9H2,1-3H3,(H,17,19). The van der Waals surface area contributed by atoms with Crippen molar-refractivity contribution in [1.82, 2.24) is 5.32 Å². The molecular formula is C15H22FNO3. The first kappa shape index (κ1) is 16.6. The molecule has 0 radical (unpaired) electrons. The van der Waals surface area contributed by atoms with Gasteiger partial charge in [0, 0.05) is 18.7 Å². The lowest BCUT2D eigenvalue weighted by atomic mass is 10.1. The van der Waals surface area contributed by atoms with Gasteiger partial charge in [0.1, 0.15) is 5.82 Å². The van der Waals surface area contributed by atoms with Crippen molar-refractivity contribution in [1.29, 1.82) is 0 Å². The molecule has 0 fully saturated rings. The number of hydrogen-bond acceptors (Lipinski definition) is 3. The number of hydrogen-bond donors (Lipinski definition) is 2. The Labute approximate surface area is 119 Å². The van der Waals surface area contributed by atoms with E-state index < -0.39 is 17.8 Å². The Bertz CT molecular complexity index is 428. The van der Waals surface area contributed by atoms with Gasteiger partial charge < -0.3 is 15.2 Å². The van der Waals surface area contributed by atoms with E-state index in [9.17, 15) is 14.3 Å². The molecule has 1 aromatic rings. The van der Waals surface area contributed by atoms with E-state index in [2.05, 4.69) is 5.32 Å². The van der Waals surface area contributed by atoms with Crippen LogP contribution in [0.3, 0.4) is 0 Å². The normalized spacial score (nSPS) is 12.5. The van der Waals surface area contributed by atoms with Gasteiger partial charge in [-0.2, -0.15) is 0 Å². The van der Waals surface area contributed by atoms with Crippen LogP contribution in [0.15, 0.2) is 18.2 Å². The van der Waals surface area contributed by atoms with E-state index in [1.165, 1.54) is 12.1 Å². The van der Waals surface area contributed by atoms with Gasteiger partial charge in [-0.05, 0) is 36.6 Å². The van der Waals surface area contributed by atoms with Gasteiger partial charge in [-0.3, -0.25) is 4.79 Å². The third-order valence-corrected chi connectivity index (χ3v) is 2.56. The predicted molar refractivity (Wildman–Crippen MR) is 75.1 cm³/mol. The average Bonchev–Trinajstić information content (AvgIpc) is 2.34. The Hall–Kier alpha value is -1.46. The molecule has 2 N–H and O–H groups in total. The molecular weight excluding hydrogens is 261 g/mol. The monoisotopic (exact) mass is 283 g/mol. The smallest absolute Gasteiger partial charge is 0.251 e. The maximum atomic E-state index is 13.2. The number of nitrogens with one attached hydrogen (secondary N) is 1. The first-order chi connectivity index (χ1) is 9.38. The van der Waals surface area contributed by atoms with E-state index in [1.807, 2.05) is 13.8 Å². The maximum absolute atomic E-state index is 13.2. The summed E-state index contributed by atoms with van der Waals surface area (Å²) in [4.78, 5) is 11.8. The molecule has 5 heteroatoms. The highest BCUT2D eigenvalue weighted by molar-refractivity contribution is 5.94. The van der Waals surface area contributed by atoms with Crippen molar-refractivity contribution in [2.75, 3.05) is 19.8 Å². The topological polar surface area (TPSA) is 58.6 Å². The second-order valence-electron chi connectivity index (χ2n) is 5.31. The molecule has 0 aliphatic carbocycles. The van der Waals surface area contributed by atoms with Gasteiger partial charge >= 0.3 is 0 Å². The molecule has 20 heavy (non-hydrogen) atoms. The number of rotatable bonds is 7. The van der Waals surface area contributed by atoms with Crippen molar-refractivity contribution in [3.63, 3.8) is 0 Å². The van der Waals surface area contributed by atoms with E-state index in [4.69, 9.17) is 4.74 Å². The second-order valence-corrected chi connectivity index (χ2v) is 5.31. The van der Waals surface area contributed by atoms with Crippen LogP contribution < -0.4 is 5.32 Å². The number of carbonyl (C=O) groups is 1. The van der Waals surface area contributed by atoms with E-state index in [0.29, 0.717) is 18.1 Å². The average molecular weight is 283 g/mol. The van der Waals surface area contributed by atoms with Gasteiger partial charge in [-0.15, -0.1) is 0 Å². The second kappa shape index (κ2) is 7.97. The van der Waals surface area contributed by atoms with Crippen molar-refractivity contribution < 1.29 is 19.0 Å². The molecule has 1 atom stereocenters. The van der Waals surface area contributed by atoms with E-state index in [-0.39, 0.29) is 18.7 Å². The summed E-state index contributed by atoms with van der Waals surface area (Å²) in [6.07, 6.45) is -0.771. The summed E-state index contributed by atoms with van der Waals surface area (Å²) >= 11 is 0. The molecule has 1 aromatic carbocycles. The van der Waals surface area contributed by atoms with E-state index in [1.54, 1.807) is 13.0 Å². The first-order valence-electron chi connectivity index (χ1n) is 6.69. The molecule has 0 saturated heterocycles. The van der Waals surface area contributed by atoms with Gasteiger partial charge in [0.25, 0.3) is 5.91 Å². The summed E-state index contributed by atoms with van der Waals surface area (Å²) < 4.78 is 18.5. The maximum Gasteiger partial charge on any atom is 0.251 e. The summed E-state index contributed by atoms with van der Waals surface area (Å²) in [5.41, 5.74) is 0.925. The van der Waals surface area contributed by atoms with Crippen LogP contribution >= 0.6 is 0 Å². The highest BCUT2D eigenvalue weighted by Gasteiger charge is 2.11. The molecule has 112 valence electrons. The van der Waals surface area contributed by atoms with Gasteiger partial charge in [0.2, 0.25) is 0 Å². The van der Waals surface area contributed by atoms with Crippen molar-refractivity contribution >= 4 is 5.91 Å². The van der Waals surface area contributed by atoms with Crippen LogP contribution in [0, 0.1) is 18.7 Å². The summed E-state index contributed by atoms with van der Waals surface area (Å²) in [6, 6.07) is 4.12. The van der Waals surface area contributed by atoms with Crippen LogP contribution in [0.4, 0.5) is 4.39 Å². The molecule has 0 saturated carbocycles. The number of ether oxygens (including phenoxy) is 1. The van der Waals surface area contributed by atoms with E-state index >= 15 is 0 Å². The van der Waals surface area contributed by atoms with Crippen LogP contribution in [0.1, 0.15) is 29.8 Å². The van der Waals surface area contributed by atoms with Crippen LogP contribution in [0.25, 0.3) is 0 Å². The van der Waals surface area contributed by atoms with Crippen molar-refractivity contribution in [3.05, 3.63) is 35.1 Å². The molecule has 1 rings (SSSR count). The molecule has 0 spiro atoms. The van der Waals surface area contributed by atoms with Crippen molar-refractivity contribution in [2.24, 2.45) is 5.92 Å². The number of halogens is 1. The number of aliphatic hydroxyl groups excluding tert-OH is 1. The fraction of sp³-hybridized carbons (Fsp3) is 0.533. The Kier molecular flexibility index (Phi) is 6.61. The number of amides is 1. The van der Waals surface area contributed by atoms with Gasteiger partial charge in [-0.25, -0.2) is 4.39 Å². The quantitative estimate of drug-likeness (QED) is 0.803. The van der Waals surface area contributed by atoms with Crippen LogP contribution in [-0.2, 0) is 4.74 Å². The molecule has 1 unspecified atom stereocenters. The molecule has 0 bridgehead atoms. The predicted octanol–water partition coefficient (Wildman–Crippen LogP) is 1.90. The number of benzene rings is 1. The number of aryl methyl sites for hydroxylation is 1. The summed E-state index contributed by atoms with van der Waals surface area (Å²) in [7, 11) is 0. The van der Waals surface area contributed by atoms with Crippen molar-refractivity contribution in [3.8, 4) is 0 Å². The molecule has 0 aromatic heterocycles. The lowest BCUT2D eigenvalue weighted by Gasteiger charge is -2.13. The van der Waals surface area contributed by atoms with Crippen LogP contribution in [0.5, 0.6) is 0 Å². The SMILES string of the molecule is Cc1cc(F)cc(C(=O)NCC(O)COCC(C)C)c1. The largest absolute Gasteiger partial charge is 0.389 e. The Morgan fingerprint density at radius 3 is 2.65 bits per heavy atom. The summed E-state index contributed by atoms with van der Waals surface area (Å²) in [5.74, 6) is -0.460. The third-order valence-electron chi connectivity index (χ3n) is 2.56. The van der Waals surface area contributed by atoms with Gasteiger partial charge in [0.15, 0.2) is 0 Å². The molecule has 4 nitrogen and oxygen atoms in total. The highest BCUT2D eigenvalue weighted by atomic mass is 19.1. The molecule has 1 amide bonds. The minimum atomic E-state index is -0.771. The Balaban J connectivity index is 2.39. The highest BCUT2D eigenvalue weighted by Crippen LogP contribution is 2.08. The fourth-order valence-corrected chi connectivity index (χ4v) is 1.68. The van der Waals surface area contributed by atoms with Gasteiger partial charge in [-0.1, -0.05) is 13.8 Å². The van der Waals surface area contributed by atoms with E-state index in [0.717, 1.165) is 0 Å². The summed E-state index contributed by atoms with van der Waals surface area (Å²) in [6.45, 7) is 6.55. The Morgan fingerprint density at radius 2 is 2.05 bits per heavy atom. The minimum absolute atomic E-state index is 0.0759. The number of carbonyl (C=O) groups excluding carboxylic acids is 1. The zero-order valence-corrected chi connectivity index (χ0v) is 12.1. The Morgan fingerprint density at radius 1 is 1.35 bits per heavy atom. The zero-order chi connectivity index (χ0) is 15.1. The lowest BCUT2D eigenvalue weighted by molar-refractivity contribution is 0.0259. The third kappa shape index (κ3) is 6.12. The molecule has 0 aliphatic rings. The molecule has 0 aliphatic heterocycles. The summed E-state index contributed by atoms with van der Waals surface area (Å²) in [5, 5.41) is 12.2. The van der Waals surface area contributed by atoms with Crippen LogP contribution in [0.2, 0.25) is 0 Å². The fourth-order valence-electron chi connectivity index (χ4n) is 1.68. The minimum Gasteiger partial charge on any atom is -0.389 e. The lowest BCUT2D eigenvalue weighted by Crippen LogP contribution is -2.34. The van der Waals surface area contributed by atoms with Gasteiger partial charge in [0.05, 0.1) is 12.7 Å². The van der Waals surface area contributed by atoms with Crippen LogP contribution in [-0.4, -0.2) is 36.9 Å². The van der Waals surface area contributed by atoms with Crippen molar-refractivity contribution in [2.45, 2.75) is 26.9 Å².